The number of anilines is 2. The van der Waals surface area contributed by atoms with Gasteiger partial charge in [-0.3, -0.25) is 9.59 Å². The molecule has 4 atom stereocenters. The van der Waals surface area contributed by atoms with Gasteiger partial charge in [0, 0.05) is 17.4 Å². The second-order valence-electron chi connectivity index (χ2n) is 8.08. The van der Waals surface area contributed by atoms with Gasteiger partial charge in [-0.15, -0.1) is 0 Å². The molecule has 1 spiro atoms. The highest BCUT2D eigenvalue weighted by Crippen LogP contribution is 2.53. The molecule has 8 nitrogen and oxygen atoms in total. The van der Waals surface area contributed by atoms with E-state index in [0.29, 0.717) is 29.5 Å². The van der Waals surface area contributed by atoms with Gasteiger partial charge in [0.1, 0.15) is 11.4 Å². The summed E-state index contributed by atoms with van der Waals surface area (Å²) in [6.07, 6.45) is 3.42. The number of benzene rings is 2. The molecule has 4 aliphatic rings. The van der Waals surface area contributed by atoms with Gasteiger partial charge >= 0.3 is 0 Å². The third-order valence-corrected chi connectivity index (χ3v) is 6.43. The van der Waals surface area contributed by atoms with Crippen molar-refractivity contribution in [1.82, 2.24) is 0 Å². The average molecular weight is 420 g/mol. The van der Waals surface area contributed by atoms with Crippen LogP contribution >= 0.6 is 0 Å². The molecule has 4 aliphatic heterocycles. The van der Waals surface area contributed by atoms with Crippen molar-refractivity contribution in [3.8, 4) is 17.2 Å². The van der Waals surface area contributed by atoms with Gasteiger partial charge in [0.2, 0.25) is 18.6 Å². The molecule has 1 N–H and O–H groups in total. The standard InChI is InChI=1S/C23H20N2O6/c1-28-15-5-3-14(4-6-15)25-11-23-9-8-17(31-23)19(20(23)22(25)27)21(26)24-13-2-7-16-18(10-13)30-12-29-16/h2-10,17,19-20H,11-12H2,1H3,(H,24,26)/t17-,19-,20-,23-/m0/s1. The van der Waals surface area contributed by atoms with Gasteiger partial charge in [-0.2, -0.15) is 0 Å². The van der Waals surface area contributed by atoms with Gasteiger partial charge in [0.05, 0.1) is 31.6 Å². The summed E-state index contributed by atoms with van der Waals surface area (Å²) in [6.45, 7) is 0.542. The smallest absolute Gasteiger partial charge is 0.234 e. The van der Waals surface area contributed by atoms with Crippen molar-refractivity contribution in [1.29, 1.82) is 0 Å². The molecule has 0 saturated carbocycles. The molecule has 2 saturated heterocycles. The van der Waals surface area contributed by atoms with Gasteiger partial charge < -0.3 is 29.2 Å². The van der Waals surface area contributed by atoms with E-state index >= 15 is 0 Å². The largest absolute Gasteiger partial charge is 0.497 e. The number of nitrogens with one attached hydrogen (secondary N) is 1. The van der Waals surface area contributed by atoms with Gasteiger partial charge in [0.25, 0.3) is 0 Å². The Morgan fingerprint density at radius 1 is 1.16 bits per heavy atom. The van der Waals surface area contributed by atoms with E-state index in [2.05, 4.69) is 5.32 Å². The van der Waals surface area contributed by atoms with E-state index in [1.165, 1.54) is 0 Å². The molecule has 0 aliphatic carbocycles. The molecule has 0 radical (unpaired) electrons. The Balaban J connectivity index is 1.26. The monoisotopic (exact) mass is 420 g/mol. The lowest BCUT2D eigenvalue weighted by molar-refractivity contribution is -0.128. The molecule has 4 heterocycles. The predicted octanol–water partition coefficient (Wildman–Crippen LogP) is 2.35. The minimum absolute atomic E-state index is 0.108. The second-order valence-corrected chi connectivity index (χ2v) is 8.08. The second kappa shape index (κ2) is 6.49. The van der Waals surface area contributed by atoms with Gasteiger partial charge in [-0.1, -0.05) is 12.2 Å². The summed E-state index contributed by atoms with van der Waals surface area (Å²) < 4.78 is 22.1. The highest BCUT2D eigenvalue weighted by Gasteiger charge is 2.67. The Morgan fingerprint density at radius 3 is 2.77 bits per heavy atom. The quantitative estimate of drug-likeness (QED) is 0.765. The molecule has 2 aromatic carbocycles. The normalized spacial score (nSPS) is 29.4. The first-order valence-corrected chi connectivity index (χ1v) is 10.1. The Hall–Kier alpha value is -3.52. The van der Waals surface area contributed by atoms with Crippen LogP contribution in [0.15, 0.2) is 54.6 Å². The lowest BCUT2D eigenvalue weighted by Gasteiger charge is -2.23. The topological polar surface area (TPSA) is 86.3 Å². The zero-order chi connectivity index (χ0) is 21.2. The fourth-order valence-corrected chi connectivity index (χ4v) is 4.98. The molecule has 31 heavy (non-hydrogen) atoms. The van der Waals surface area contributed by atoms with E-state index in [9.17, 15) is 9.59 Å². The van der Waals surface area contributed by atoms with Crippen LogP contribution in [0.2, 0.25) is 0 Å². The highest BCUT2D eigenvalue weighted by atomic mass is 16.7. The van der Waals surface area contributed by atoms with Crippen molar-refractivity contribution in [2.75, 3.05) is 30.7 Å². The molecule has 2 fully saturated rings. The minimum Gasteiger partial charge on any atom is -0.497 e. The summed E-state index contributed by atoms with van der Waals surface area (Å²) in [5, 5.41) is 2.92. The van der Waals surface area contributed by atoms with Crippen LogP contribution in [-0.2, 0) is 14.3 Å². The third kappa shape index (κ3) is 2.64. The average Bonchev–Trinajstić information content (AvgIpc) is 3.54. The number of nitrogens with zero attached hydrogens (tertiary/aromatic N) is 1. The number of carbonyl (C=O) groups is 2. The van der Waals surface area contributed by atoms with Crippen LogP contribution in [0.1, 0.15) is 0 Å². The Bertz CT molecular complexity index is 1110. The predicted molar refractivity (Wildman–Crippen MR) is 110 cm³/mol. The fraction of sp³-hybridized carbons (Fsp3) is 0.304. The Kier molecular flexibility index (Phi) is 3.82. The van der Waals surface area contributed by atoms with Crippen LogP contribution in [0.3, 0.4) is 0 Å². The number of amides is 2. The van der Waals surface area contributed by atoms with Crippen molar-refractivity contribution in [3.63, 3.8) is 0 Å². The maximum Gasteiger partial charge on any atom is 0.234 e. The molecular weight excluding hydrogens is 400 g/mol. The summed E-state index contributed by atoms with van der Waals surface area (Å²) in [5.74, 6) is 0.412. The molecule has 0 unspecified atom stereocenters. The SMILES string of the molecule is COc1ccc(N2C[C@]34C=C[C@H](O3)[C@H](C(=O)Nc3ccc5c(c3)OCO5)[C@H]4C2=O)cc1. The number of fused-ring (bicyclic) bond motifs is 2. The molecule has 2 bridgehead atoms. The zero-order valence-corrected chi connectivity index (χ0v) is 16.7. The van der Waals surface area contributed by atoms with E-state index in [4.69, 9.17) is 18.9 Å². The van der Waals surface area contributed by atoms with E-state index < -0.39 is 23.5 Å². The van der Waals surface area contributed by atoms with Crippen LogP contribution in [0.5, 0.6) is 17.2 Å². The van der Waals surface area contributed by atoms with E-state index in [1.54, 1.807) is 30.2 Å². The first kappa shape index (κ1) is 18.3. The molecule has 8 heteroatoms. The maximum absolute atomic E-state index is 13.4. The van der Waals surface area contributed by atoms with Crippen LogP contribution in [0, 0.1) is 11.8 Å². The number of hydrogen-bond acceptors (Lipinski definition) is 6. The van der Waals surface area contributed by atoms with Crippen molar-refractivity contribution in [2.24, 2.45) is 11.8 Å². The Labute approximate surface area is 178 Å². The minimum atomic E-state index is -0.779. The number of methoxy groups -OCH3 is 1. The molecule has 0 aromatic heterocycles. The van der Waals surface area contributed by atoms with E-state index in [1.807, 2.05) is 36.4 Å². The molecule has 158 valence electrons. The fourth-order valence-electron chi connectivity index (χ4n) is 4.98. The van der Waals surface area contributed by atoms with Crippen LogP contribution < -0.4 is 24.4 Å². The molecular formula is C23H20N2O6. The number of hydrogen-bond donors (Lipinski definition) is 1. The summed E-state index contributed by atoms with van der Waals surface area (Å²) in [5.41, 5.74) is 0.566. The molecule has 2 amide bonds. The molecule has 2 aromatic rings. The van der Waals surface area contributed by atoms with Crippen LogP contribution in [0.25, 0.3) is 0 Å². The van der Waals surface area contributed by atoms with Crippen molar-refractivity contribution in [3.05, 3.63) is 54.6 Å². The number of ether oxygens (including phenoxy) is 4. The summed E-state index contributed by atoms with van der Waals surface area (Å²) in [4.78, 5) is 28.3. The summed E-state index contributed by atoms with van der Waals surface area (Å²) >= 11 is 0. The first-order valence-electron chi connectivity index (χ1n) is 10.1. The number of rotatable bonds is 4. The van der Waals surface area contributed by atoms with Gasteiger partial charge in [-0.05, 0) is 36.4 Å². The van der Waals surface area contributed by atoms with Crippen LogP contribution in [-0.4, -0.2) is 44.0 Å². The highest BCUT2D eigenvalue weighted by molar-refractivity contribution is 6.05. The third-order valence-electron chi connectivity index (χ3n) is 6.43. The van der Waals surface area contributed by atoms with Gasteiger partial charge in [-0.25, -0.2) is 0 Å². The molecule has 6 rings (SSSR count). The first-order chi connectivity index (χ1) is 15.1. The maximum atomic E-state index is 13.4. The number of carbonyl (C=O) groups excluding carboxylic acids is 2. The van der Waals surface area contributed by atoms with E-state index in [0.717, 1.165) is 5.69 Å². The summed E-state index contributed by atoms with van der Waals surface area (Å²) in [6, 6.07) is 12.5. The Morgan fingerprint density at radius 2 is 1.97 bits per heavy atom. The van der Waals surface area contributed by atoms with Crippen LogP contribution in [0.4, 0.5) is 11.4 Å². The lowest BCUT2D eigenvalue weighted by Crippen LogP contribution is -2.41. The van der Waals surface area contributed by atoms with Gasteiger partial charge in [0.15, 0.2) is 11.5 Å². The van der Waals surface area contributed by atoms with E-state index in [-0.39, 0.29) is 18.6 Å². The summed E-state index contributed by atoms with van der Waals surface area (Å²) in [7, 11) is 1.60. The van der Waals surface area contributed by atoms with Crippen molar-refractivity contribution in [2.45, 2.75) is 11.7 Å². The van der Waals surface area contributed by atoms with Crippen molar-refractivity contribution < 1.29 is 28.5 Å². The van der Waals surface area contributed by atoms with Crippen molar-refractivity contribution >= 4 is 23.2 Å². The zero-order valence-electron chi connectivity index (χ0n) is 16.7. The lowest BCUT2D eigenvalue weighted by atomic mass is 9.77.